The van der Waals surface area contributed by atoms with Crippen molar-refractivity contribution in [1.29, 1.82) is 0 Å². The van der Waals surface area contributed by atoms with Gasteiger partial charge in [-0.05, 0) is 47.5 Å². The fraction of sp³-hybridized carbons (Fsp3) is 0.154. The van der Waals surface area contributed by atoms with Crippen LogP contribution in [0.4, 0.5) is 5.82 Å². The first-order chi connectivity index (χ1) is 8.97. The van der Waals surface area contributed by atoms with Crippen LogP contribution in [0.5, 0.6) is 0 Å². The lowest BCUT2D eigenvalue weighted by Gasteiger charge is -2.07. The van der Waals surface area contributed by atoms with Crippen LogP contribution in [0.3, 0.4) is 0 Å². The quantitative estimate of drug-likeness (QED) is 0.905. The second-order valence-corrected chi connectivity index (χ2v) is 5.34. The van der Waals surface area contributed by atoms with Crippen molar-refractivity contribution in [2.24, 2.45) is 0 Å². The number of hydrogen-bond donors (Lipinski definition) is 1. The number of carbonyl (C=O) groups excluding carboxylic acids is 1. The Morgan fingerprint density at radius 3 is 2.63 bits per heavy atom. The highest BCUT2D eigenvalue weighted by Crippen LogP contribution is 2.20. The molecule has 0 bridgehead atoms. The van der Waals surface area contributed by atoms with Crippen LogP contribution in [0.2, 0.25) is 5.02 Å². The van der Waals surface area contributed by atoms with Gasteiger partial charge in [0.15, 0.2) is 0 Å². The molecule has 0 saturated heterocycles. The topological polar surface area (TPSA) is 54.9 Å². The monoisotopic (exact) mass is 339 g/mol. The Hall–Kier alpha value is -1.46. The van der Waals surface area contributed by atoms with Crippen LogP contribution >= 0.6 is 27.5 Å². The molecule has 4 nitrogen and oxygen atoms in total. The molecule has 0 aliphatic heterocycles. The first kappa shape index (κ1) is 14.0. The van der Waals surface area contributed by atoms with Gasteiger partial charge in [0.1, 0.15) is 5.82 Å². The molecule has 2 aromatic heterocycles. The Kier molecular flexibility index (Phi) is 4.17. The second-order valence-electron chi connectivity index (χ2n) is 4.08. The van der Waals surface area contributed by atoms with Crippen LogP contribution in [-0.2, 0) is 0 Å². The van der Waals surface area contributed by atoms with Crippen molar-refractivity contribution in [1.82, 2.24) is 9.97 Å². The van der Waals surface area contributed by atoms with Crippen molar-refractivity contribution >= 4 is 39.3 Å². The van der Waals surface area contributed by atoms with E-state index < -0.39 is 0 Å². The summed E-state index contributed by atoms with van der Waals surface area (Å²) in [5.74, 6) is 0.147. The van der Waals surface area contributed by atoms with Crippen LogP contribution in [0.1, 0.15) is 21.6 Å². The van der Waals surface area contributed by atoms with Crippen molar-refractivity contribution in [2.45, 2.75) is 13.8 Å². The molecule has 0 radical (unpaired) electrons. The molecule has 0 atom stereocenters. The lowest BCUT2D eigenvalue weighted by molar-refractivity contribution is 0.102. The van der Waals surface area contributed by atoms with Gasteiger partial charge in [-0.3, -0.25) is 9.78 Å². The zero-order valence-corrected chi connectivity index (χ0v) is 12.7. The summed E-state index contributed by atoms with van der Waals surface area (Å²) in [6.07, 6.45) is 3.10. The maximum atomic E-state index is 12.1. The van der Waals surface area contributed by atoms with E-state index in [-0.39, 0.29) is 5.91 Å². The van der Waals surface area contributed by atoms with Gasteiger partial charge >= 0.3 is 0 Å². The summed E-state index contributed by atoms with van der Waals surface area (Å²) in [5.41, 5.74) is 2.08. The molecule has 19 heavy (non-hydrogen) atoms. The van der Waals surface area contributed by atoms with Gasteiger partial charge in [0, 0.05) is 22.6 Å². The van der Waals surface area contributed by atoms with E-state index in [1.807, 2.05) is 13.8 Å². The molecular weight excluding hydrogens is 330 g/mol. The summed E-state index contributed by atoms with van der Waals surface area (Å²) >= 11 is 9.37. The van der Waals surface area contributed by atoms with Gasteiger partial charge in [-0.25, -0.2) is 4.98 Å². The Bertz CT molecular complexity index is 646. The van der Waals surface area contributed by atoms with Crippen LogP contribution in [0, 0.1) is 13.8 Å². The van der Waals surface area contributed by atoms with E-state index in [1.165, 1.54) is 6.20 Å². The summed E-state index contributed by atoms with van der Waals surface area (Å²) in [5, 5.41) is 3.07. The van der Waals surface area contributed by atoms with Crippen molar-refractivity contribution in [3.05, 3.63) is 50.8 Å². The lowest BCUT2D eigenvalue weighted by Crippen LogP contribution is -2.14. The molecule has 0 aromatic carbocycles. The van der Waals surface area contributed by atoms with E-state index in [0.29, 0.717) is 16.4 Å². The van der Waals surface area contributed by atoms with Gasteiger partial charge in [-0.2, -0.15) is 0 Å². The minimum Gasteiger partial charge on any atom is -0.306 e. The van der Waals surface area contributed by atoms with Crippen LogP contribution in [0.15, 0.2) is 29.0 Å². The van der Waals surface area contributed by atoms with Gasteiger partial charge in [0.25, 0.3) is 5.91 Å². The highest BCUT2D eigenvalue weighted by Gasteiger charge is 2.12. The van der Waals surface area contributed by atoms with Crippen molar-refractivity contribution in [3.63, 3.8) is 0 Å². The Morgan fingerprint density at radius 2 is 2.00 bits per heavy atom. The number of aromatic nitrogens is 2. The molecule has 6 heteroatoms. The molecule has 0 fully saturated rings. The maximum Gasteiger partial charge on any atom is 0.259 e. The molecule has 0 aliphatic rings. The molecule has 1 N–H and O–H groups in total. The van der Waals surface area contributed by atoms with E-state index in [1.54, 1.807) is 18.3 Å². The molecule has 0 spiro atoms. The normalized spacial score (nSPS) is 10.3. The van der Waals surface area contributed by atoms with Gasteiger partial charge in [-0.1, -0.05) is 11.6 Å². The van der Waals surface area contributed by atoms with Gasteiger partial charge in [0.05, 0.1) is 10.6 Å². The average Bonchev–Trinajstić information content (AvgIpc) is 2.33. The zero-order valence-electron chi connectivity index (χ0n) is 10.4. The number of hydrogen-bond acceptors (Lipinski definition) is 3. The summed E-state index contributed by atoms with van der Waals surface area (Å²) in [4.78, 5) is 20.2. The second kappa shape index (κ2) is 5.67. The van der Waals surface area contributed by atoms with E-state index in [2.05, 4.69) is 31.2 Å². The minimum absolute atomic E-state index is 0.327. The van der Waals surface area contributed by atoms with E-state index in [4.69, 9.17) is 11.6 Å². The third-order valence-electron chi connectivity index (χ3n) is 2.52. The number of halogens is 2. The van der Waals surface area contributed by atoms with Crippen LogP contribution in [-0.4, -0.2) is 15.9 Å². The molecule has 1 amide bonds. The summed E-state index contributed by atoms with van der Waals surface area (Å²) in [6, 6.07) is 3.42. The SMILES string of the molecule is Cc1cc(Cl)c(C(=O)Nc2cc(C)c(Br)cn2)cn1. The molecule has 2 rings (SSSR count). The molecule has 2 aromatic rings. The van der Waals surface area contributed by atoms with Crippen LogP contribution in [0.25, 0.3) is 0 Å². The first-order valence-electron chi connectivity index (χ1n) is 5.53. The molecule has 0 aliphatic carbocycles. The van der Waals surface area contributed by atoms with Crippen LogP contribution < -0.4 is 5.32 Å². The van der Waals surface area contributed by atoms with Crippen molar-refractivity contribution in [3.8, 4) is 0 Å². The first-order valence-corrected chi connectivity index (χ1v) is 6.70. The van der Waals surface area contributed by atoms with E-state index in [9.17, 15) is 4.79 Å². The molecule has 98 valence electrons. The number of nitrogens with one attached hydrogen (secondary N) is 1. The fourth-order valence-corrected chi connectivity index (χ4v) is 1.99. The number of pyridine rings is 2. The Balaban J connectivity index is 2.23. The number of nitrogens with zero attached hydrogens (tertiary/aromatic N) is 2. The van der Waals surface area contributed by atoms with E-state index in [0.717, 1.165) is 15.7 Å². The minimum atomic E-state index is -0.327. The summed E-state index contributed by atoms with van der Waals surface area (Å²) in [7, 11) is 0. The van der Waals surface area contributed by atoms with E-state index >= 15 is 0 Å². The highest BCUT2D eigenvalue weighted by molar-refractivity contribution is 9.10. The lowest BCUT2D eigenvalue weighted by atomic mass is 10.2. The molecule has 0 saturated carbocycles. The fourth-order valence-electron chi connectivity index (χ4n) is 1.48. The van der Waals surface area contributed by atoms with Gasteiger partial charge in [0.2, 0.25) is 0 Å². The Labute approximate surface area is 124 Å². The number of aryl methyl sites for hydroxylation is 2. The highest BCUT2D eigenvalue weighted by atomic mass is 79.9. The van der Waals surface area contributed by atoms with Crippen molar-refractivity contribution < 1.29 is 4.79 Å². The molecule has 2 heterocycles. The van der Waals surface area contributed by atoms with Gasteiger partial charge < -0.3 is 5.32 Å². The number of carbonyl (C=O) groups is 1. The number of anilines is 1. The average molecular weight is 341 g/mol. The zero-order chi connectivity index (χ0) is 14.0. The predicted octanol–water partition coefficient (Wildman–Crippen LogP) is 3.76. The summed E-state index contributed by atoms with van der Waals surface area (Å²) in [6.45, 7) is 3.73. The number of amides is 1. The Morgan fingerprint density at radius 1 is 1.26 bits per heavy atom. The third kappa shape index (κ3) is 3.30. The maximum absolute atomic E-state index is 12.1. The predicted molar refractivity (Wildman–Crippen MR) is 78.6 cm³/mol. The van der Waals surface area contributed by atoms with Gasteiger partial charge in [-0.15, -0.1) is 0 Å². The summed E-state index contributed by atoms with van der Waals surface area (Å²) < 4.78 is 0.889. The van der Waals surface area contributed by atoms with Crippen molar-refractivity contribution in [2.75, 3.05) is 5.32 Å². The smallest absolute Gasteiger partial charge is 0.259 e. The standard InChI is InChI=1S/C13H11BrClN3O/c1-7-3-12(17-6-10(7)14)18-13(19)9-5-16-8(2)4-11(9)15/h3-6H,1-2H3,(H,17,18,19). The molecular formula is C13H11BrClN3O. The largest absolute Gasteiger partial charge is 0.306 e. The molecule has 0 unspecified atom stereocenters. The number of rotatable bonds is 2. The third-order valence-corrected chi connectivity index (χ3v) is 3.67.